The second-order valence-electron chi connectivity index (χ2n) is 12.6. The highest BCUT2D eigenvalue weighted by atomic mass is 16.6. The Morgan fingerprint density at radius 1 is 0.939 bits per heavy atom. The van der Waals surface area contributed by atoms with Crippen LogP contribution in [0, 0.1) is 5.92 Å². The number of amides is 3. The van der Waals surface area contributed by atoms with E-state index in [4.69, 9.17) is 19.3 Å². The minimum Gasteiger partial charge on any atom is -0.462 e. The van der Waals surface area contributed by atoms with Crippen molar-refractivity contribution < 1.29 is 38.5 Å². The van der Waals surface area contributed by atoms with E-state index in [2.05, 4.69) is 41.2 Å². The number of benzene rings is 2. The van der Waals surface area contributed by atoms with Crippen molar-refractivity contribution >= 4 is 23.9 Å². The number of allylic oxidation sites excluding steroid dienone is 2. The predicted octanol–water partition coefficient (Wildman–Crippen LogP) is 4.54. The van der Waals surface area contributed by atoms with E-state index >= 15 is 0 Å². The molecule has 1 fully saturated rings. The van der Waals surface area contributed by atoms with Gasteiger partial charge in [-0.3, -0.25) is 9.59 Å². The highest BCUT2D eigenvalue weighted by Crippen LogP contribution is 2.44. The van der Waals surface area contributed by atoms with Gasteiger partial charge < -0.3 is 35.3 Å². The molecule has 11 heteroatoms. The quantitative estimate of drug-likeness (QED) is 0.0908. The molecule has 0 saturated heterocycles. The fourth-order valence-corrected chi connectivity index (χ4v) is 6.56. The van der Waals surface area contributed by atoms with Gasteiger partial charge in [-0.15, -0.1) is 13.2 Å². The molecular formula is C38H49N3O8. The average molecular weight is 676 g/mol. The molecular weight excluding hydrogens is 626 g/mol. The lowest BCUT2D eigenvalue weighted by atomic mass is 9.94. The summed E-state index contributed by atoms with van der Waals surface area (Å²) in [6.07, 6.45) is 6.44. The first kappa shape index (κ1) is 37.3. The van der Waals surface area contributed by atoms with Crippen LogP contribution in [-0.4, -0.2) is 80.1 Å². The maximum absolute atomic E-state index is 13.4. The van der Waals surface area contributed by atoms with E-state index in [-0.39, 0.29) is 70.2 Å². The molecule has 0 aromatic heterocycles. The largest absolute Gasteiger partial charge is 0.462 e. The summed E-state index contributed by atoms with van der Waals surface area (Å²) < 4.78 is 16.6. The Morgan fingerprint density at radius 2 is 1.61 bits per heavy atom. The Hall–Kier alpha value is -4.48. The number of aliphatic hydroxyl groups is 1. The molecule has 2 aromatic carbocycles. The summed E-state index contributed by atoms with van der Waals surface area (Å²) in [5, 5.41) is 17.3. The molecule has 4 N–H and O–H groups in total. The molecule has 2 unspecified atom stereocenters. The zero-order chi connectivity index (χ0) is 35.1. The van der Waals surface area contributed by atoms with Gasteiger partial charge in [0.2, 0.25) is 11.8 Å². The Balaban J connectivity index is 1.32. The number of alkyl carbamates (subject to hydrolysis) is 1. The highest BCUT2D eigenvalue weighted by molar-refractivity contribution is 5.86. The number of carbonyl (C=O) groups excluding carboxylic acids is 4. The molecule has 1 saturated carbocycles. The molecule has 0 bridgehead atoms. The van der Waals surface area contributed by atoms with E-state index in [1.165, 1.54) is 0 Å². The smallest absolute Gasteiger partial charge is 0.407 e. The maximum Gasteiger partial charge on any atom is 0.407 e. The second kappa shape index (κ2) is 18.9. The summed E-state index contributed by atoms with van der Waals surface area (Å²) in [5.41, 5.74) is 3.62. The number of nitrogens with one attached hydrogen (secondary N) is 3. The van der Waals surface area contributed by atoms with Gasteiger partial charge in [0.1, 0.15) is 19.3 Å². The first-order valence-electron chi connectivity index (χ1n) is 17.1. The van der Waals surface area contributed by atoms with E-state index < -0.39 is 29.6 Å². The molecule has 0 aliphatic heterocycles. The van der Waals surface area contributed by atoms with Crippen LogP contribution in [0.4, 0.5) is 4.79 Å². The number of carbonyl (C=O) groups is 4. The van der Waals surface area contributed by atoms with Crippen LogP contribution in [0.5, 0.6) is 0 Å². The number of hydrogen-bond acceptors (Lipinski definition) is 8. The van der Waals surface area contributed by atoms with Crippen LogP contribution >= 0.6 is 0 Å². The molecule has 0 spiro atoms. The third kappa shape index (κ3) is 10.5. The summed E-state index contributed by atoms with van der Waals surface area (Å²) in [6, 6.07) is 15.1. The number of hydrogen-bond donors (Lipinski definition) is 4. The van der Waals surface area contributed by atoms with E-state index in [0.717, 1.165) is 35.1 Å². The van der Waals surface area contributed by atoms with Crippen LogP contribution in [-0.2, 0) is 28.6 Å². The summed E-state index contributed by atoms with van der Waals surface area (Å²) in [7, 11) is 0. The van der Waals surface area contributed by atoms with Crippen LogP contribution in [0.2, 0.25) is 0 Å². The van der Waals surface area contributed by atoms with Gasteiger partial charge in [-0.25, -0.2) is 9.59 Å². The maximum atomic E-state index is 13.4. The zero-order valence-corrected chi connectivity index (χ0v) is 28.1. The Morgan fingerprint density at radius 3 is 2.24 bits per heavy atom. The summed E-state index contributed by atoms with van der Waals surface area (Å²) in [6.45, 7) is 8.13. The van der Waals surface area contributed by atoms with Crippen molar-refractivity contribution in [1.82, 2.24) is 16.0 Å². The molecule has 0 heterocycles. The number of esters is 1. The van der Waals surface area contributed by atoms with Gasteiger partial charge in [-0.05, 0) is 54.4 Å². The van der Waals surface area contributed by atoms with Gasteiger partial charge in [0, 0.05) is 18.9 Å². The Labute approximate surface area is 288 Å². The van der Waals surface area contributed by atoms with Crippen LogP contribution < -0.4 is 16.0 Å². The van der Waals surface area contributed by atoms with E-state index in [9.17, 15) is 19.2 Å². The molecule has 11 nitrogen and oxygen atoms in total. The Bertz CT molecular complexity index is 1410. The monoisotopic (exact) mass is 675 g/mol. The lowest BCUT2D eigenvalue weighted by Gasteiger charge is -2.32. The first-order chi connectivity index (χ1) is 23.8. The van der Waals surface area contributed by atoms with Crippen molar-refractivity contribution in [2.24, 2.45) is 5.92 Å². The summed E-state index contributed by atoms with van der Waals surface area (Å²) in [5.74, 6) is -2.01. The standard InChI is InChI=1S/C38H49N3O8/c1-3-5-17-33(40-37(46)48-25-32-30-15-8-6-13-28(30)29-14-7-9-16-31(29)32)36(45)49-26-38(18-10-11-19-38)41-35(44)27(12-4-2)24-34(43)39-20-22-47-23-21-42/h3-4,6-9,13-16,27,32-33,42H,1-2,5,10-12,17-26H2,(H,39,43)(H,40,46)(H,41,44). The molecule has 2 aromatic rings. The predicted molar refractivity (Wildman–Crippen MR) is 186 cm³/mol. The third-order valence-corrected chi connectivity index (χ3v) is 9.08. The lowest BCUT2D eigenvalue weighted by molar-refractivity contribution is -0.149. The molecule has 49 heavy (non-hydrogen) atoms. The molecule has 2 aliphatic carbocycles. The highest BCUT2D eigenvalue weighted by Gasteiger charge is 2.39. The van der Waals surface area contributed by atoms with Crippen LogP contribution in [0.3, 0.4) is 0 Å². The number of rotatable bonds is 20. The lowest BCUT2D eigenvalue weighted by Crippen LogP contribution is -2.53. The number of aliphatic hydroxyl groups excluding tert-OH is 1. The van der Waals surface area contributed by atoms with Gasteiger partial charge >= 0.3 is 12.1 Å². The minimum atomic E-state index is -0.971. The zero-order valence-electron chi connectivity index (χ0n) is 28.1. The fourth-order valence-electron chi connectivity index (χ4n) is 6.56. The van der Waals surface area contributed by atoms with Gasteiger partial charge in [-0.2, -0.15) is 0 Å². The van der Waals surface area contributed by atoms with Crippen molar-refractivity contribution in [3.63, 3.8) is 0 Å². The summed E-state index contributed by atoms with van der Waals surface area (Å²) >= 11 is 0. The minimum absolute atomic E-state index is 0.0403. The van der Waals surface area contributed by atoms with E-state index in [0.29, 0.717) is 25.7 Å². The van der Waals surface area contributed by atoms with Gasteiger partial charge in [-0.1, -0.05) is 73.5 Å². The van der Waals surface area contributed by atoms with Crippen LogP contribution in [0.25, 0.3) is 11.1 Å². The first-order valence-corrected chi connectivity index (χ1v) is 17.1. The molecule has 0 radical (unpaired) electrons. The molecule has 2 atom stereocenters. The average Bonchev–Trinajstić information content (AvgIpc) is 3.70. The van der Waals surface area contributed by atoms with Crippen molar-refractivity contribution in [1.29, 1.82) is 0 Å². The van der Waals surface area contributed by atoms with Crippen molar-refractivity contribution in [2.45, 2.75) is 68.9 Å². The SMILES string of the molecule is C=CCCC(NC(=O)OCC1c2ccccc2-c2ccccc21)C(=O)OCC1(NC(=O)C(CC=C)CC(=O)NCCOCCO)CCCC1. The fraction of sp³-hybridized carbons (Fsp3) is 0.474. The normalized spacial score (nSPS) is 15.6. The number of fused-ring (bicyclic) bond motifs is 3. The van der Waals surface area contributed by atoms with Gasteiger partial charge in [0.25, 0.3) is 0 Å². The van der Waals surface area contributed by atoms with Crippen LogP contribution in [0.15, 0.2) is 73.8 Å². The van der Waals surface area contributed by atoms with Crippen molar-refractivity contribution in [3.8, 4) is 11.1 Å². The molecule has 2 aliphatic rings. The van der Waals surface area contributed by atoms with Crippen molar-refractivity contribution in [3.05, 3.63) is 85.0 Å². The molecule has 3 amide bonds. The van der Waals surface area contributed by atoms with E-state index in [1.54, 1.807) is 12.2 Å². The van der Waals surface area contributed by atoms with Gasteiger partial charge in [0.15, 0.2) is 0 Å². The number of ether oxygens (including phenoxy) is 3. The van der Waals surface area contributed by atoms with Crippen LogP contribution in [0.1, 0.15) is 68.4 Å². The molecule has 4 rings (SSSR count). The Kier molecular flexibility index (Phi) is 14.4. The van der Waals surface area contributed by atoms with Gasteiger partial charge in [0.05, 0.1) is 31.3 Å². The topological polar surface area (TPSA) is 152 Å². The third-order valence-electron chi connectivity index (χ3n) is 9.08. The van der Waals surface area contributed by atoms with E-state index in [1.807, 2.05) is 36.4 Å². The van der Waals surface area contributed by atoms with Crippen molar-refractivity contribution in [2.75, 3.05) is 39.6 Å². The summed E-state index contributed by atoms with van der Waals surface area (Å²) in [4.78, 5) is 52.4. The second-order valence-corrected chi connectivity index (χ2v) is 12.6. The molecule has 264 valence electrons.